The summed E-state index contributed by atoms with van der Waals surface area (Å²) >= 11 is 0. The highest BCUT2D eigenvalue weighted by Crippen LogP contribution is 2.15. The second-order valence-electron chi connectivity index (χ2n) is 5.79. The summed E-state index contributed by atoms with van der Waals surface area (Å²) in [6.45, 7) is 2.83. The average molecular weight is 330 g/mol. The lowest BCUT2D eigenvalue weighted by atomic mass is 10.2. The van der Waals surface area contributed by atoms with Gasteiger partial charge >= 0.3 is 0 Å². The summed E-state index contributed by atoms with van der Waals surface area (Å²) in [7, 11) is 3.47. The molecule has 0 spiro atoms. The maximum absolute atomic E-state index is 12.4. The molecular formula is C16H22N6O2. The first-order valence-electron chi connectivity index (χ1n) is 8.03. The number of nitrogens with zero attached hydrogens (tertiary/aromatic N) is 6. The zero-order chi connectivity index (χ0) is 16.9. The topological polar surface area (TPSA) is 76.4 Å². The Hall–Kier alpha value is -2.64. The van der Waals surface area contributed by atoms with Gasteiger partial charge in [0.1, 0.15) is 0 Å². The molecule has 3 heterocycles. The standard InChI is InChI=1S/C16H22N6O2/c1-20-12-13(11-18-20)3-4-15(23)21-7-9-22(10-8-21)16-17-6-5-14(19-16)24-2/h5-6,11-12H,3-4,7-10H2,1-2H3. The van der Waals surface area contributed by atoms with Crippen LogP contribution < -0.4 is 9.64 Å². The Bertz CT molecular complexity index is 693. The minimum Gasteiger partial charge on any atom is -0.481 e. The summed E-state index contributed by atoms with van der Waals surface area (Å²) in [5, 5.41) is 4.13. The SMILES string of the molecule is COc1ccnc(N2CCN(C(=O)CCc3cnn(C)c3)CC2)n1. The molecule has 1 aliphatic heterocycles. The van der Waals surface area contributed by atoms with Gasteiger partial charge in [-0.1, -0.05) is 0 Å². The van der Waals surface area contributed by atoms with Gasteiger partial charge in [-0.2, -0.15) is 10.1 Å². The second kappa shape index (κ2) is 7.29. The lowest BCUT2D eigenvalue weighted by Crippen LogP contribution is -2.49. The fourth-order valence-corrected chi connectivity index (χ4v) is 2.76. The van der Waals surface area contributed by atoms with Gasteiger partial charge in [0.05, 0.1) is 13.3 Å². The molecule has 1 aliphatic rings. The zero-order valence-corrected chi connectivity index (χ0v) is 14.1. The van der Waals surface area contributed by atoms with E-state index in [1.807, 2.05) is 24.3 Å². The van der Waals surface area contributed by atoms with E-state index in [0.717, 1.165) is 25.1 Å². The molecule has 24 heavy (non-hydrogen) atoms. The number of ether oxygens (including phenoxy) is 1. The molecule has 2 aromatic heterocycles. The number of carbonyl (C=O) groups is 1. The Morgan fingerprint density at radius 2 is 2.08 bits per heavy atom. The predicted octanol–water partition coefficient (Wildman–Crippen LogP) is 0.500. The van der Waals surface area contributed by atoms with Gasteiger partial charge in [-0.15, -0.1) is 0 Å². The third kappa shape index (κ3) is 3.81. The van der Waals surface area contributed by atoms with Gasteiger partial charge in [-0.3, -0.25) is 9.48 Å². The van der Waals surface area contributed by atoms with Crippen LogP contribution in [0.2, 0.25) is 0 Å². The molecule has 1 amide bonds. The number of hydrogen-bond donors (Lipinski definition) is 0. The molecule has 2 aromatic rings. The average Bonchev–Trinajstić information content (AvgIpc) is 3.05. The Morgan fingerprint density at radius 3 is 2.75 bits per heavy atom. The summed E-state index contributed by atoms with van der Waals surface area (Å²) in [5.41, 5.74) is 1.09. The van der Waals surface area contributed by atoms with E-state index in [0.29, 0.717) is 31.3 Å². The Balaban J connectivity index is 1.49. The van der Waals surface area contributed by atoms with Gasteiger partial charge in [0.2, 0.25) is 17.7 Å². The highest BCUT2D eigenvalue weighted by Gasteiger charge is 2.22. The third-order valence-electron chi connectivity index (χ3n) is 4.13. The number of rotatable bonds is 5. The van der Waals surface area contributed by atoms with Crippen molar-refractivity contribution < 1.29 is 9.53 Å². The van der Waals surface area contributed by atoms with E-state index in [9.17, 15) is 4.79 Å². The van der Waals surface area contributed by atoms with Crippen molar-refractivity contribution in [2.75, 3.05) is 38.2 Å². The van der Waals surface area contributed by atoms with E-state index >= 15 is 0 Å². The van der Waals surface area contributed by atoms with Crippen LogP contribution in [0, 0.1) is 0 Å². The van der Waals surface area contributed by atoms with Crippen molar-refractivity contribution in [2.24, 2.45) is 7.05 Å². The molecule has 0 aromatic carbocycles. The first-order valence-corrected chi connectivity index (χ1v) is 8.03. The molecule has 1 fully saturated rings. The van der Waals surface area contributed by atoms with Crippen LogP contribution in [0.3, 0.4) is 0 Å². The van der Waals surface area contributed by atoms with Crippen LogP contribution in [-0.2, 0) is 18.3 Å². The molecule has 128 valence electrons. The van der Waals surface area contributed by atoms with Crippen LogP contribution in [0.25, 0.3) is 0 Å². The molecule has 0 bridgehead atoms. The number of piperazine rings is 1. The van der Waals surface area contributed by atoms with E-state index < -0.39 is 0 Å². The van der Waals surface area contributed by atoms with Crippen molar-refractivity contribution in [3.63, 3.8) is 0 Å². The van der Waals surface area contributed by atoms with Crippen molar-refractivity contribution in [2.45, 2.75) is 12.8 Å². The van der Waals surface area contributed by atoms with E-state index in [2.05, 4.69) is 20.0 Å². The fraction of sp³-hybridized carbons (Fsp3) is 0.500. The van der Waals surface area contributed by atoms with E-state index in [1.165, 1.54) is 0 Å². The molecule has 1 saturated heterocycles. The van der Waals surface area contributed by atoms with Crippen molar-refractivity contribution in [1.82, 2.24) is 24.6 Å². The summed E-state index contributed by atoms with van der Waals surface area (Å²) in [6.07, 6.45) is 6.69. The molecule has 0 saturated carbocycles. The van der Waals surface area contributed by atoms with Crippen molar-refractivity contribution in [3.8, 4) is 5.88 Å². The quantitative estimate of drug-likeness (QED) is 0.795. The zero-order valence-electron chi connectivity index (χ0n) is 14.1. The highest BCUT2D eigenvalue weighted by molar-refractivity contribution is 5.76. The maximum atomic E-state index is 12.4. The van der Waals surface area contributed by atoms with Crippen LogP contribution in [0.4, 0.5) is 5.95 Å². The normalized spacial score (nSPS) is 14.8. The molecule has 3 rings (SSSR count). The number of anilines is 1. The Morgan fingerprint density at radius 1 is 1.29 bits per heavy atom. The highest BCUT2D eigenvalue weighted by atomic mass is 16.5. The monoisotopic (exact) mass is 330 g/mol. The number of carbonyl (C=O) groups excluding carboxylic acids is 1. The third-order valence-corrected chi connectivity index (χ3v) is 4.13. The molecule has 8 nitrogen and oxygen atoms in total. The van der Waals surface area contributed by atoms with E-state index in [-0.39, 0.29) is 5.91 Å². The van der Waals surface area contributed by atoms with Gasteiger partial charge in [0, 0.05) is 58.1 Å². The molecule has 0 radical (unpaired) electrons. The van der Waals surface area contributed by atoms with Gasteiger partial charge in [-0.25, -0.2) is 4.98 Å². The number of aryl methyl sites for hydroxylation is 2. The van der Waals surface area contributed by atoms with Crippen LogP contribution in [0.15, 0.2) is 24.7 Å². The van der Waals surface area contributed by atoms with Gasteiger partial charge in [-0.05, 0) is 12.0 Å². The minimum absolute atomic E-state index is 0.185. The first kappa shape index (κ1) is 16.2. The predicted molar refractivity (Wildman–Crippen MR) is 88.9 cm³/mol. The number of methoxy groups -OCH3 is 1. The van der Waals surface area contributed by atoms with E-state index in [4.69, 9.17) is 4.74 Å². The van der Waals surface area contributed by atoms with Crippen molar-refractivity contribution in [3.05, 3.63) is 30.2 Å². The summed E-state index contributed by atoms with van der Waals surface area (Å²) in [5.74, 6) is 1.39. The van der Waals surface area contributed by atoms with E-state index in [1.54, 1.807) is 24.1 Å². The molecular weight excluding hydrogens is 308 g/mol. The number of hydrogen-bond acceptors (Lipinski definition) is 6. The fourth-order valence-electron chi connectivity index (χ4n) is 2.76. The molecule has 8 heteroatoms. The maximum Gasteiger partial charge on any atom is 0.228 e. The van der Waals surface area contributed by atoms with Crippen LogP contribution >= 0.6 is 0 Å². The Labute approximate surface area is 141 Å². The second-order valence-corrected chi connectivity index (χ2v) is 5.79. The minimum atomic E-state index is 0.185. The van der Waals surface area contributed by atoms with Crippen LogP contribution in [0.5, 0.6) is 5.88 Å². The van der Waals surface area contributed by atoms with Crippen molar-refractivity contribution >= 4 is 11.9 Å². The molecule has 0 atom stereocenters. The smallest absolute Gasteiger partial charge is 0.228 e. The molecule has 0 unspecified atom stereocenters. The van der Waals surface area contributed by atoms with Crippen LogP contribution in [0.1, 0.15) is 12.0 Å². The largest absolute Gasteiger partial charge is 0.481 e. The first-order chi connectivity index (χ1) is 11.7. The molecule has 0 N–H and O–H groups in total. The summed E-state index contributed by atoms with van der Waals surface area (Å²) in [4.78, 5) is 25.0. The van der Waals surface area contributed by atoms with Gasteiger partial charge < -0.3 is 14.5 Å². The number of amides is 1. The summed E-state index contributed by atoms with van der Waals surface area (Å²) in [6, 6.07) is 1.72. The van der Waals surface area contributed by atoms with Gasteiger partial charge in [0.25, 0.3) is 0 Å². The van der Waals surface area contributed by atoms with Crippen LogP contribution in [-0.4, -0.2) is 63.8 Å². The van der Waals surface area contributed by atoms with Gasteiger partial charge in [0.15, 0.2) is 0 Å². The lowest BCUT2D eigenvalue weighted by molar-refractivity contribution is -0.131. The number of aromatic nitrogens is 4. The van der Waals surface area contributed by atoms with Crippen molar-refractivity contribution in [1.29, 1.82) is 0 Å². The lowest BCUT2D eigenvalue weighted by Gasteiger charge is -2.34. The molecule has 0 aliphatic carbocycles. The Kier molecular flexibility index (Phi) is 4.93. The summed E-state index contributed by atoms with van der Waals surface area (Å²) < 4.78 is 6.89.